The van der Waals surface area contributed by atoms with Crippen LogP contribution in [-0.4, -0.2) is 38.3 Å². The quantitative estimate of drug-likeness (QED) is 0.410. The van der Waals surface area contributed by atoms with Gasteiger partial charge in [-0.1, -0.05) is 23.5 Å². The molecule has 0 saturated carbocycles. The van der Waals surface area contributed by atoms with E-state index in [0.717, 1.165) is 49.9 Å². The van der Waals surface area contributed by atoms with Crippen molar-refractivity contribution in [2.24, 2.45) is 0 Å². The molecule has 0 atom stereocenters. The first kappa shape index (κ1) is 18.4. The summed E-state index contributed by atoms with van der Waals surface area (Å²) in [7, 11) is 0. The molecule has 1 fully saturated rings. The number of aromatic nitrogens is 4. The van der Waals surface area contributed by atoms with Crippen molar-refractivity contribution in [1.29, 1.82) is 0 Å². The molecule has 8 heteroatoms. The summed E-state index contributed by atoms with van der Waals surface area (Å²) < 4.78 is 5.93. The third kappa shape index (κ3) is 3.75. The lowest BCUT2D eigenvalue weighted by Crippen LogP contribution is -2.18. The van der Waals surface area contributed by atoms with E-state index in [4.69, 9.17) is 9.61 Å². The van der Waals surface area contributed by atoms with Crippen molar-refractivity contribution in [3.63, 3.8) is 0 Å². The number of thiazole rings is 1. The van der Waals surface area contributed by atoms with Crippen molar-refractivity contribution >= 4 is 43.5 Å². The molecule has 5 aromatic rings. The van der Waals surface area contributed by atoms with Crippen LogP contribution in [0.1, 0.15) is 18.4 Å². The van der Waals surface area contributed by atoms with E-state index in [1.807, 2.05) is 24.4 Å². The van der Waals surface area contributed by atoms with Crippen LogP contribution in [0.2, 0.25) is 0 Å². The van der Waals surface area contributed by atoms with Gasteiger partial charge in [0.05, 0.1) is 10.2 Å². The van der Waals surface area contributed by atoms with Crippen LogP contribution in [0.3, 0.4) is 0 Å². The number of likely N-dealkylation sites (tertiary alicyclic amines) is 1. The highest BCUT2D eigenvalue weighted by Gasteiger charge is 2.13. The molecule has 154 valence electrons. The molecule has 0 unspecified atom stereocenters. The van der Waals surface area contributed by atoms with Crippen LogP contribution < -0.4 is 5.32 Å². The maximum absolute atomic E-state index is 4.80. The Morgan fingerprint density at radius 1 is 0.903 bits per heavy atom. The van der Waals surface area contributed by atoms with E-state index in [-0.39, 0.29) is 0 Å². The van der Waals surface area contributed by atoms with Gasteiger partial charge in [0.15, 0.2) is 5.13 Å². The molecule has 1 aliphatic heterocycles. The Bertz CT molecular complexity index is 1370. The standard InChI is InChI=1S/C23H20N6OS/c1-2-10-29(9-1)14-15-7-8-24-22(11-15)26-23-25-20-13-17(4-6-21(20)31-23)16-3-5-18-19(12-16)28-30-27-18/h3-8,11-13H,1-2,9-10,14H2,(H,24,25,26). The van der Waals surface area contributed by atoms with Gasteiger partial charge in [-0.2, -0.15) is 0 Å². The molecule has 0 aliphatic carbocycles. The summed E-state index contributed by atoms with van der Waals surface area (Å²) in [6.45, 7) is 3.35. The molecule has 0 bridgehead atoms. The highest BCUT2D eigenvalue weighted by Crippen LogP contribution is 2.32. The molecule has 2 aromatic carbocycles. The van der Waals surface area contributed by atoms with Crippen LogP contribution in [0, 0.1) is 0 Å². The summed E-state index contributed by atoms with van der Waals surface area (Å²) in [5.74, 6) is 0.833. The first-order chi connectivity index (χ1) is 15.3. The molecule has 6 rings (SSSR count). The number of hydrogen-bond donors (Lipinski definition) is 1. The van der Waals surface area contributed by atoms with Crippen molar-refractivity contribution in [3.8, 4) is 11.1 Å². The average molecular weight is 429 g/mol. The van der Waals surface area contributed by atoms with Gasteiger partial charge in [0.25, 0.3) is 0 Å². The molecule has 0 radical (unpaired) electrons. The van der Waals surface area contributed by atoms with E-state index in [1.54, 1.807) is 11.3 Å². The van der Waals surface area contributed by atoms with Crippen LogP contribution in [-0.2, 0) is 6.54 Å². The normalized spacial score (nSPS) is 14.6. The Kier molecular flexibility index (Phi) is 4.58. The van der Waals surface area contributed by atoms with E-state index in [1.165, 1.54) is 31.5 Å². The van der Waals surface area contributed by atoms with Gasteiger partial charge in [-0.3, -0.25) is 4.90 Å². The topological polar surface area (TPSA) is 80.0 Å². The van der Waals surface area contributed by atoms with Gasteiger partial charge in [-0.05, 0) is 89.3 Å². The zero-order chi connectivity index (χ0) is 20.6. The monoisotopic (exact) mass is 428 g/mol. The third-order valence-corrected chi connectivity index (χ3v) is 6.59. The maximum Gasteiger partial charge on any atom is 0.189 e. The highest BCUT2D eigenvalue weighted by atomic mass is 32.1. The Labute approximate surface area is 182 Å². The Balaban J connectivity index is 1.25. The van der Waals surface area contributed by atoms with E-state index < -0.39 is 0 Å². The first-order valence-corrected chi connectivity index (χ1v) is 11.2. The summed E-state index contributed by atoms with van der Waals surface area (Å²) in [4.78, 5) is 11.8. The number of nitrogens with zero attached hydrogens (tertiary/aromatic N) is 5. The molecular weight excluding hydrogens is 408 g/mol. The predicted octanol–water partition coefficient (Wildman–Crippen LogP) is 5.23. The van der Waals surface area contributed by atoms with Gasteiger partial charge in [0, 0.05) is 12.7 Å². The number of fused-ring (bicyclic) bond motifs is 2. The number of rotatable bonds is 5. The zero-order valence-corrected chi connectivity index (χ0v) is 17.6. The fourth-order valence-corrected chi connectivity index (χ4v) is 4.92. The molecule has 1 aliphatic rings. The molecule has 3 aromatic heterocycles. The number of hydrogen-bond acceptors (Lipinski definition) is 8. The van der Waals surface area contributed by atoms with E-state index in [9.17, 15) is 0 Å². The van der Waals surface area contributed by atoms with Gasteiger partial charge < -0.3 is 5.32 Å². The van der Waals surface area contributed by atoms with Gasteiger partial charge in [0.1, 0.15) is 16.9 Å². The predicted molar refractivity (Wildman–Crippen MR) is 122 cm³/mol. The minimum absolute atomic E-state index is 0.748. The van der Waals surface area contributed by atoms with Crippen LogP contribution in [0.5, 0.6) is 0 Å². The highest BCUT2D eigenvalue weighted by molar-refractivity contribution is 7.22. The van der Waals surface area contributed by atoms with Crippen molar-refractivity contribution < 1.29 is 4.63 Å². The van der Waals surface area contributed by atoms with Crippen molar-refractivity contribution in [2.75, 3.05) is 18.4 Å². The molecule has 0 spiro atoms. The fourth-order valence-electron chi connectivity index (χ4n) is 4.07. The molecule has 0 amide bonds. The van der Waals surface area contributed by atoms with Crippen LogP contribution in [0.4, 0.5) is 10.9 Å². The molecule has 1 saturated heterocycles. The number of anilines is 2. The van der Waals surface area contributed by atoms with Gasteiger partial charge in [-0.15, -0.1) is 0 Å². The summed E-state index contributed by atoms with van der Waals surface area (Å²) in [5, 5.41) is 12.0. The van der Waals surface area contributed by atoms with Crippen molar-refractivity contribution in [1.82, 2.24) is 25.2 Å². The zero-order valence-electron chi connectivity index (χ0n) is 16.8. The minimum Gasteiger partial charge on any atom is -0.316 e. The molecular formula is C23H20N6OS. The fraction of sp³-hybridized carbons (Fsp3) is 0.217. The lowest BCUT2D eigenvalue weighted by atomic mass is 10.0. The molecule has 31 heavy (non-hydrogen) atoms. The van der Waals surface area contributed by atoms with Crippen LogP contribution >= 0.6 is 11.3 Å². The first-order valence-electron chi connectivity index (χ1n) is 10.4. The van der Waals surface area contributed by atoms with Crippen molar-refractivity contribution in [3.05, 3.63) is 60.3 Å². The molecule has 1 N–H and O–H groups in total. The molecule has 4 heterocycles. The summed E-state index contributed by atoms with van der Waals surface area (Å²) in [5.41, 5.74) is 5.88. The smallest absolute Gasteiger partial charge is 0.189 e. The Morgan fingerprint density at radius 3 is 2.61 bits per heavy atom. The second kappa shape index (κ2) is 7.72. The average Bonchev–Trinajstić information content (AvgIpc) is 3.53. The minimum atomic E-state index is 0.748. The lowest BCUT2D eigenvalue weighted by molar-refractivity contribution is 0.315. The van der Waals surface area contributed by atoms with Crippen molar-refractivity contribution in [2.45, 2.75) is 19.4 Å². The second-order valence-corrected chi connectivity index (χ2v) is 8.86. The third-order valence-electron chi connectivity index (χ3n) is 5.64. The SMILES string of the molecule is c1cc(CN2CCCC2)cc(Nc2nc3cc(-c4ccc5nonc5c4)ccc3s2)n1. The second-order valence-electron chi connectivity index (χ2n) is 7.83. The maximum atomic E-state index is 4.80. The summed E-state index contributed by atoms with van der Waals surface area (Å²) in [6.07, 6.45) is 4.47. The largest absolute Gasteiger partial charge is 0.316 e. The van der Waals surface area contributed by atoms with E-state index in [0.29, 0.717) is 0 Å². The number of pyridine rings is 1. The van der Waals surface area contributed by atoms with E-state index >= 15 is 0 Å². The van der Waals surface area contributed by atoms with E-state index in [2.05, 4.69) is 55.8 Å². The number of benzene rings is 2. The summed E-state index contributed by atoms with van der Waals surface area (Å²) >= 11 is 1.63. The van der Waals surface area contributed by atoms with Gasteiger partial charge in [0.2, 0.25) is 0 Å². The van der Waals surface area contributed by atoms with Gasteiger partial charge >= 0.3 is 0 Å². The Morgan fingerprint density at radius 2 is 1.71 bits per heavy atom. The summed E-state index contributed by atoms with van der Waals surface area (Å²) in [6, 6.07) is 16.4. The Hall–Kier alpha value is -3.36. The molecule has 7 nitrogen and oxygen atoms in total. The lowest BCUT2D eigenvalue weighted by Gasteiger charge is -2.14. The van der Waals surface area contributed by atoms with Crippen LogP contribution in [0.25, 0.3) is 32.4 Å². The van der Waals surface area contributed by atoms with Gasteiger partial charge in [-0.25, -0.2) is 14.6 Å². The number of nitrogens with one attached hydrogen (secondary N) is 1. The van der Waals surface area contributed by atoms with Crippen LogP contribution in [0.15, 0.2) is 59.4 Å².